The van der Waals surface area contributed by atoms with Gasteiger partial charge in [0, 0.05) is 43.6 Å². The molecule has 1 aliphatic carbocycles. The number of amides is 1. The van der Waals surface area contributed by atoms with Crippen molar-refractivity contribution in [1.29, 1.82) is 0 Å². The molecule has 1 aromatic carbocycles. The number of nitrogens with one attached hydrogen (secondary N) is 2. The number of hydrogen-bond donors (Lipinski definition) is 4. The Morgan fingerprint density at radius 2 is 2.06 bits per heavy atom. The van der Waals surface area contributed by atoms with Crippen molar-refractivity contribution in [3.8, 4) is 5.75 Å². The van der Waals surface area contributed by atoms with Gasteiger partial charge < -0.3 is 26.0 Å². The molecule has 0 radical (unpaired) electrons. The summed E-state index contributed by atoms with van der Waals surface area (Å²) in [6.07, 6.45) is 3.46. The van der Waals surface area contributed by atoms with Crippen LogP contribution in [0.1, 0.15) is 23.2 Å². The molecule has 1 aromatic heterocycles. The smallest absolute Gasteiger partial charge is 0.277 e. The quantitative estimate of drug-likeness (QED) is 0.463. The Morgan fingerprint density at radius 1 is 1.25 bits per heavy atom. The van der Waals surface area contributed by atoms with Gasteiger partial charge in [0.25, 0.3) is 16.1 Å². The van der Waals surface area contributed by atoms with Gasteiger partial charge in [-0.1, -0.05) is 0 Å². The van der Waals surface area contributed by atoms with E-state index in [0.29, 0.717) is 43.3 Å². The first kappa shape index (κ1) is 20.7. The van der Waals surface area contributed by atoms with E-state index >= 15 is 0 Å². The van der Waals surface area contributed by atoms with E-state index in [4.69, 9.17) is 15.6 Å². The summed E-state index contributed by atoms with van der Waals surface area (Å²) >= 11 is 0. The Bertz CT molecular complexity index is 1170. The lowest BCUT2D eigenvalue weighted by molar-refractivity contribution is 0.100. The summed E-state index contributed by atoms with van der Waals surface area (Å²) in [5.74, 6) is 0.843. The molecule has 32 heavy (non-hydrogen) atoms. The number of piperazine rings is 1. The van der Waals surface area contributed by atoms with Gasteiger partial charge in [0.15, 0.2) is 0 Å². The first-order chi connectivity index (χ1) is 15.3. The van der Waals surface area contributed by atoms with Gasteiger partial charge in [-0.2, -0.15) is 17.7 Å². The summed E-state index contributed by atoms with van der Waals surface area (Å²) in [7, 11) is -3.72. The Kier molecular flexibility index (Phi) is 5.03. The minimum absolute atomic E-state index is 0.103. The van der Waals surface area contributed by atoms with E-state index in [-0.39, 0.29) is 18.2 Å². The molecular formula is C19H24N8O4S. The van der Waals surface area contributed by atoms with E-state index in [1.165, 1.54) is 10.5 Å². The number of carbonyl (C=O) groups is 1. The Balaban J connectivity index is 1.34. The molecule has 2 aromatic rings. The van der Waals surface area contributed by atoms with Gasteiger partial charge in [0.05, 0.1) is 17.3 Å². The molecule has 1 amide bonds. The number of anilines is 4. The minimum atomic E-state index is -3.72. The molecule has 170 valence electrons. The maximum absolute atomic E-state index is 11.7. The van der Waals surface area contributed by atoms with Crippen LogP contribution in [0.4, 0.5) is 23.1 Å². The SMILES string of the molecule is NC(=O)c1cnc(Nc2ccc3c(c2)OC[C@H]2CN(S(N)(=O)=O)CCN32)nc1NC1CC1. The van der Waals surface area contributed by atoms with E-state index in [9.17, 15) is 13.2 Å². The van der Waals surface area contributed by atoms with Crippen LogP contribution in [0.15, 0.2) is 24.4 Å². The summed E-state index contributed by atoms with van der Waals surface area (Å²) in [6.45, 7) is 1.49. The number of ether oxygens (including phenoxy) is 1. The van der Waals surface area contributed by atoms with E-state index < -0.39 is 16.1 Å². The van der Waals surface area contributed by atoms with Crippen LogP contribution >= 0.6 is 0 Å². The number of aromatic nitrogens is 2. The highest BCUT2D eigenvalue weighted by Gasteiger charge is 2.36. The van der Waals surface area contributed by atoms with Gasteiger partial charge in [-0.25, -0.2) is 10.1 Å². The molecule has 1 atom stereocenters. The standard InChI is InChI=1S/C19H24N8O4S/c20-17(28)14-8-22-19(25-18(14)23-11-1-2-11)24-12-3-4-15-16(7-12)31-10-13-9-26(32(21,29)30)5-6-27(13)15/h3-4,7-8,11,13H,1-2,5-6,9-10H2,(H2,20,28)(H2,21,29,30)(H2,22,23,24,25)/t13-/m1/s1. The number of primary amides is 1. The molecule has 1 saturated heterocycles. The van der Waals surface area contributed by atoms with Gasteiger partial charge in [0.1, 0.15) is 18.2 Å². The second-order valence-electron chi connectivity index (χ2n) is 8.11. The van der Waals surface area contributed by atoms with Gasteiger partial charge in [-0.05, 0) is 25.0 Å². The topological polar surface area (TPSA) is 169 Å². The highest BCUT2D eigenvalue weighted by molar-refractivity contribution is 7.86. The Labute approximate surface area is 185 Å². The lowest BCUT2D eigenvalue weighted by atomic mass is 10.1. The first-order valence-corrected chi connectivity index (χ1v) is 11.8. The van der Waals surface area contributed by atoms with Crippen LogP contribution in [-0.2, 0) is 10.2 Å². The summed E-state index contributed by atoms with van der Waals surface area (Å²) in [5.41, 5.74) is 7.29. The van der Waals surface area contributed by atoms with Crippen LogP contribution in [0.2, 0.25) is 0 Å². The predicted octanol–water partition coefficient (Wildman–Crippen LogP) is -0.0201. The molecule has 3 heterocycles. The summed E-state index contributed by atoms with van der Waals surface area (Å²) in [4.78, 5) is 22.4. The molecule has 0 spiro atoms. The fraction of sp³-hybridized carbons (Fsp3) is 0.421. The van der Waals surface area contributed by atoms with Crippen molar-refractivity contribution in [1.82, 2.24) is 14.3 Å². The van der Waals surface area contributed by atoms with Gasteiger partial charge in [0.2, 0.25) is 5.95 Å². The lowest BCUT2D eigenvalue weighted by Crippen LogP contribution is -2.59. The Hall–Kier alpha value is -3.16. The highest BCUT2D eigenvalue weighted by atomic mass is 32.2. The third kappa shape index (κ3) is 4.13. The van der Waals surface area contributed by atoms with Gasteiger partial charge >= 0.3 is 0 Å². The third-order valence-corrected chi connectivity index (χ3v) is 6.79. The fourth-order valence-corrected chi connectivity index (χ4v) is 4.65. The largest absolute Gasteiger partial charge is 0.489 e. The highest BCUT2D eigenvalue weighted by Crippen LogP contribution is 2.38. The van der Waals surface area contributed by atoms with Crippen molar-refractivity contribution >= 4 is 39.3 Å². The maximum atomic E-state index is 11.7. The molecule has 3 aliphatic rings. The van der Waals surface area contributed by atoms with E-state index in [1.807, 2.05) is 18.2 Å². The van der Waals surface area contributed by atoms with Crippen molar-refractivity contribution < 1.29 is 17.9 Å². The average molecular weight is 461 g/mol. The normalized spacial score (nSPS) is 20.7. The second kappa shape index (κ2) is 7.76. The molecule has 5 rings (SSSR count). The molecule has 0 bridgehead atoms. The maximum Gasteiger partial charge on any atom is 0.277 e. The molecule has 12 nitrogen and oxygen atoms in total. The number of benzene rings is 1. The van der Waals surface area contributed by atoms with Crippen LogP contribution in [0.3, 0.4) is 0 Å². The summed E-state index contributed by atoms with van der Waals surface area (Å²) in [6, 6.07) is 5.83. The molecule has 6 N–H and O–H groups in total. The average Bonchev–Trinajstić information content (AvgIpc) is 3.56. The van der Waals surface area contributed by atoms with Crippen molar-refractivity contribution in [3.05, 3.63) is 30.0 Å². The van der Waals surface area contributed by atoms with Crippen molar-refractivity contribution in [2.75, 3.05) is 41.8 Å². The third-order valence-electron chi connectivity index (χ3n) is 5.73. The number of fused-ring (bicyclic) bond motifs is 3. The van der Waals surface area contributed by atoms with Crippen LogP contribution in [0.5, 0.6) is 5.75 Å². The molecular weight excluding hydrogens is 436 g/mol. The zero-order chi connectivity index (χ0) is 22.5. The van der Waals surface area contributed by atoms with E-state index in [1.54, 1.807) is 0 Å². The predicted molar refractivity (Wildman–Crippen MR) is 118 cm³/mol. The zero-order valence-corrected chi connectivity index (χ0v) is 18.0. The van der Waals surface area contributed by atoms with Crippen molar-refractivity contribution in [2.45, 2.75) is 24.9 Å². The lowest BCUT2D eigenvalue weighted by Gasteiger charge is -2.44. The van der Waals surface area contributed by atoms with Crippen LogP contribution < -0.4 is 31.1 Å². The molecule has 0 unspecified atom stereocenters. The monoisotopic (exact) mass is 460 g/mol. The minimum Gasteiger partial charge on any atom is -0.489 e. The Morgan fingerprint density at radius 3 is 2.78 bits per heavy atom. The van der Waals surface area contributed by atoms with Crippen molar-refractivity contribution in [2.24, 2.45) is 10.9 Å². The molecule has 2 aliphatic heterocycles. The number of hydrogen-bond acceptors (Lipinski definition) is 9. The van der Waals surface area contributed by atoms with Crippen LogP contribution in [-0.4, -0.2) is 66.9 Å². The van der Waals surface area contributed by atoms with Crippen LogP contribution in [0, 0.1) is 0 Å². The number of carbonyl (C=O) groups excluding carboxylic acids is 1. The van der Waals surface area contributed by atoms with Gasteiger partial charge in [-0.15, -0.1) is 0 Å². The summed E-state index contributed by atoms with van der Waals surface area (Å²) in [5, 5.41) is 11.6. The summed E-state index contributed by atoms with van der Waals surface area (Å²) < 4.78 is 30.5. The fourth-order valence-electron chi connectivity index (χ4n) is 3.93. The molecule has 2 fully saturated rings. The number of rotatable bonds is 6. The second-order valence-corrected chi connectivity index (χ2v) is 9.65. The number of nitrogens with two attached hydrogens (primary N) is 2. The molecule has 13 heteroatoms. The zero-order valence-electron chi connectivity index (χ0n) is 17.2. The molecule has 1 saturated carbocycles. The van der Waals surface area contributed by atoms with Gasteiger partial charge in [-0.3, -0.25) is 4.79 Å². The first-order valence-electron chi connectivity index (χ1n) is 10.3. The van der Waals surface area contributed by atoms with E-state index in [0.717, 1.165) is 24.2 Å². The van der Waals surface area contributed by atoms with Crippen molar-refractivity contribution in [3.63, 3.8) is 0 Å². The van der Waals surface area contributed by atoms with Crippen LogP contribution in [0.25, 0.3) is 0 Å². The number of nitrogens with zero attached hydrogens (tertiary/aromatic N) is 4. The van der Waals surface area contributed by atoms with E-state index in [2.05, 4.69) is 25.5 Å².